The molecular formula is C11H21NOS. The number of carbonyl (C=O) groups is 1. The van der Waals surface area contributed by atoms with E-state index in [4.69, 9.17) is 0 Å². The molecule has 1 amide bonds. The summed E-state index contributed by atoms with van der Waals surface area (Å²) in [5, 5.41) is 0.315. The minimum absolute atomic E-state index is 0.0570. The number of carbonyl (C=O) groups excluding carboxylic acids is 1. The van der Waals surface area contributed by atoms with Crippen LogP contribution in [-0.4, -0.2) is 27.5 Å². The fraction of sp³-hybridized carbons (Fsp3) is 0.909. The number of thioether (sulfide) groups is 1. The highest BCUT2D eigenvalue weighted by Gasteiger charge is 2.44. The van der Waals surface area contributed by atoms with Crippen LogP contribution < -0.4 is 0 Å². The lowest BCUT2D eigenvalue weighted by atomic mass is 9.92. The van der Waals surface area contributed by atoms with Crippen molar-refractivity contribution in [3.8, 4) is 0 Å². The highest BCUT2D eigenvalue weighted by Crippen LogP contribution is 2.41. The van der Waals surface area contributed by atoms with E-state index in [0.717, 1.165) is 0 Å². The Kier molecular flexibility index (Phi) is 2.92. The summed E-state index contributed by atoms with van der Waals surface area (Å²) in [7, 11) is 0. The quantitative estimate of drug-likeness (QED) is 0.619. The molecule has 0 spiro atoms. The van der Waals surface area contributed by atoms with Crippen molar-refractivity contribution in [3.05, 3.63) is 0 Å². The zero-order valence-electron chi connectivity index (χ0n) is 10.0. The average Bonchev–Trinajstić information content (AvgIpc) is 2.27. The van der Waals surface area contributed by atoms with Gasteiger partial charge in [0.2, 0.25) is 5.91 Å². The van der Waals surface area contributed by atoms with Crippen molar-refractivity contribution >= 4 is 17.7 Å². The van der Waals surface area contributed by atoms with Gasteiger partial charge in [-0.15, -0.1) is 11.8 Å². The first-order valence-electron chi connectivity index (χ1n) is 5.08. The van der Waals surface area contributed by atoms with E-state index >= 15 is 0 Å². The molecule has 14 heavy (non-hydrogen) atoms. The molecule has 0 aromatic rings. The summed E-state index contributed by atoms with van der Waals surface area (Å²) in [6.45, 7) is 12.9. The van der Waals surface area contributed by atoms with Gasteiger partial charge >= 0.3 is 0 Å². The number of nitrogens with zero attached hydrogens (tertiary/aromatic N) is 1. The maximum atomic E-state index is 11.8. The van der Waals surface area contributed by atoms with Crippen LogP contribution in [0.1, 0.15) is 41.5 Å². The lowest BCUT2D eigenvalue weighted by Crippen LogP contribution is -2.51. The summed E-state index contributed by atoms with van der Waals surface area (Å²) >= 11 is 1.77. The van der Waals surface area contributed by atoms with Crippen LogP contribution in [0.2, 0.25) is 0 Å². The molecule has 1 atom stereocenters. The summed E-state index contributed by atoms with van der Waals surface area (Å²) < 4.78 is 0. The molecule has 2 nitrogen and oxygen atoms in total. The van der Waals surface area contributed by atoms with Gasteiger partial charge < -0.3 is 4.90 Å². The second kappa shape index (κ2) is 3.44. The average molecular weight is 215 g/mol. The molecule has 0 aromatic heterocycles. The van der Waals surface area contributed by atoms with E-state index in [0.29, 0.717) is 11.1 Å². The van der Waals surface area contributed by atoms with Gasteiger partial charge in [-0.1, -0.05) is 20.8 Å². The lowest BCUT2D eigenvalue weighted by molar-refractivity contribution is -0.134. The Morgan fingerprint density at radius 2 is 1.71 bits per heavy atom. The van der Waals surface area contributed by atoms with Gasteiger partial charge in [0.25, 0.3) is 0 Å². The molecule has 1 saturated heterocycles. The molecular weight excluding hydrogens is 194 g/mol. The molecule has 1 fully saturated rings. The molecule has 1 heterocycles. The van der Waals surface area contributed by atoms with Crippen molar-refractivity contribution in [1.82, 2.24) is 4.90 Å². The van der Waals surface area contributed by atoms with Crippen LogP contribution >= 0.6 is 11.8 Å². The maximum Gasteiger partial charge on any atom is 0.233 e. The molecule has 0 radical (unpaired) electrons. The Morgan fingerprint density at radius 1 is 1.21 bits per heavy atom. The Morgan fingerprint density at radius 3 is 2.00 bits per heavy atom. The van der Waals surface area contributed by atoms with Crippen molar-refractivity contribution in [2.24, 2.45) is 5.41 Å². The number of rotatable bonds is 0. The molecule has 0 bridgehead atoms. The third kappa shape index (κ3) is 2.25. The fourth-order valence-corrected chi connectivity index (χ4v) is 3.31. The van der Waals surface area contributed by atoms with Gasteiger partial charge in [-0.2, -0.15) is 0 Å². The Hall–Kier alpha value is -0.180. The predicted molar refractivity (Wildman–Crippen MR) is 62.3 cm³/mol. The first-order chi connectivity index (χ1) is 6.14. The zero-order chi connectivity index (χ0) is 11.1. The van der Waals surface area contributed by atoms with Crippen molar-refractivity contribution < 1.29 is 4.79 Å². The summed E-state index contributed by atoms with van der Waals surface area (Å²) in [4.78, 5) is 13.8. The molecule has 0 aromatic carbocycles. The Bertz CT molecular complexity index is 237. The minimum Gasteiger partial charge on any atom is -0.325 e. The third-order valence-corrected chi connectivity index (χ3v) is 3.98. The maximum absolute atomic E-state index is 11.8. The zero-order valence-corrected chi connectivity index (χ0v) is 10.9. The summed E-state index contributed by atoms with van der Waals surface area (Å²) in [5.74, 6) is 0.918. The topological polar surface area (TPSA) is 20.3 Å². The SMILES string of the molecule is CC(C)(C)C1SCC(=O)N1C(C)(C)C. The molecule has 0 N–H and O–H groups in total. The normalized spacial score (nSPS) is 24.6. The van der Waals surface area contributed by atoms with E-state index in [2.05, 4.69) is 41.5 Å². The van der Waals surface area contributed by atoms with E-state index in [9.17, 15) is 4.79 Å². The van der Waals surface area contributed by atoms with Gasteiger partial charge in [0.05, 0.1) is 11.1 Å². The van der Waals surface area contributed by atoms with Gasteiger partial charge in [0, 0.05) is 5.54 Å². The van der Waals surface area contributed by atoms with Crippen LogP contribution in [0.5, 0.6) is 0 Å². The van der Waals surface area contributed by atoms with Crippen LogP contribution in [0, 0.1) is 5.41 Å². The lowest BCUT2D eigenvalue weighted by Gasteiger charge is -2.42. The third-order valence-electron chi connectivity index (χ3n) is 2.33. The molecule has 82 valence electrons. The second-order valence-corrected chi connectivity index (χ2v) is 7.03. The largest absolute Gasteiger partial charge is 0.325 e. The fourth-order valence-electron chi connectivity index (χ4n) is 1.79. The minimum atomic E-state index is -0.0570. The highest BCUT2D eigenvalue weighted by molar-refractivity contribution is 8.01. The van der Waals surface area contributed by atoms with Crippen molar-refractivity contribution in [2.75, 3.05) is 5.75 Å². The van der Waals surface area contributed by atoms with Gasteiger partial charge in [-0.3, -0.25) is 4.79 Å². The first-order valence-corrected chi connectivity index (χ1v) is 6.12. The summed E-state index contributed by atoms with van der Waals surface area (Å²) in [6, 6.07) is 0. The summed E-state index contributed by atoms with van der Waals surface area (Å²) in [6.07, 6.45) is 0. The van der Waals surface area contributed by atoms with E-state index in [-0.39, 0.29) is 16.9 Å². The summed E-state index contributed by atoms with van der Waals surface area (Å²) in [5.41, 5.74) is 0.0998. The van der Waals surface area contributed by atoms with Gasteiger partial charge in [0.1, 0.15) is 0 Å². The molecule has 1 rings (SSSR count). The van der Waals surface area contributed by atoms with E-state index < -0.39 is 0 Å². The molecule has 3 heteroatoms. The van der Waals surface area contributed by atoms with E-state index in [1.165, 1.54) is 0 Å². The molecule has 0 saturated carbocycles. The molecule has 1 aliphatic rings. The molecule has 0 aliphatic carbocycles. The van der Waals surface area contributed by atoms with Crippen molar-refractivity contribution in [1.29, 1.82) is 0 Å². The van der Waals surface area contributed by atoms with Crippen LogP contribution in [-0.2, 0) is 4.79 Å². The van der Waals surface area contributed by atoms with Crippen LogP contribution in [0.3, 0.4) is 0 Å². The second-order valence-electron chi connectivity index (χ2n) is 5.96. The smallest absolute Gasteiger partial charge is 0.233 e. The number of hydrogen-bond donors (Lipinski definition) is 0. The van der Waals surface area contributed by atoms with E-state index in [1.54, 1.807) is 11.8 Å². The number of amides is 1. The van der Waals surface area contributed by atoms with Crippen LogP contribution in [0.15, 0.2) is 0 Å². The molecule has 1 unspecified atom stereocenters. The van der Waals surface area contributed by atoms with Crippen molar-refractivity contribution in [3.63, 3.8) is 0 Å². The van der Waals surface area contributed by atoms with Crippen LogP contribution in [0.4, 0.5) is 0 Å². The first kappa shape index (κ1) is 11.9. The van der Waals surface area contributed by atoms with E-state index in [1.807, 2.05) is 4.90 Å². The van der Waals surface area contributed by atoms with Crippen LogP contribution in [0.25, 0.3) is 0 Å². The van der Waals surface area contributed by atoms with Gasteiger partial charge in [-0.25, -0.2) is 0 Å². The molecule has 1 aliphatic heterocycles. The van der Waals surface area contributed by atoms with Gasteiger partial charge in [-0.05, 0) is 26.2 Å². The number of hydrogen-bond acceptors (Lipinski definition) is 2. The Balaban J connectivity index is 2.94. The Labute approximate surface area is 91.4 Å². The highest BCUT2D eigenvalue weighted by atomic mass is 32.2. The predicted octanol–water partition coefficient (Wildman–Crippen LogP) is 2.73. The standard InChI is InChI=1S/C11H21NOS/c1-10(2,3)9-12(11(4,5)6)8(13)7-14-9/h9H,7H2,1-6H3. The monoisotopic (exact) mass is 215 g/mol. The van der Waals surface area contributed by atoms with Crippen molar-refractivity contribution in [2.45, 2.75) is 52.5 Å². The van der Waals surface area contributed by atoms with Gasteiger partial charge in [0.15, 0.2) is 0 Å².